The number of carbonyl (C=O) groups excluding carboxylic acids is 4. The molecule has 0 aliphatic carbocycles. The number of aliphatic hydroxyl groups excluding tert-OH is 6. The zero-order valence-electron chi connectivity index (χ0n) is 30.1. The van der Waals surface area contributed by atoms with E-state index in [1.807, 2.05) is 0 Å². The summed E-state index contributed by atoms with van der Waals surface area (Å²) in [5.41, 5.74) is 0. The van der Waals surface area contributed by atoms with E-state index >= 15 is 0 Å². The average Bonchev–Trinajstić information content (AvgIpc) is 3.16. The van der Waals surface area contributed by atoms with Crippen molar-refractivity contribution in [1.82, 2.24) is 0 Å². The Morgan fingerprint density at radius 3 is 1.17 bits per heavy atom. The Hall–Kier alpha value is -4.20. The van der Waals surface area contributed by atoms with Crippen LogP contribution in [0.4, 0.5) is 0 Å². The fourth-order valence-corrected chi connectivity index (χ4v) is 3.82. The summed E-state index contributed by atoms with van der Waals surface area (Å²) in [6.07, 6.45) is 0.284. The summed E-state index contributed by atoms with van der Waals surface area (Å²) in [4.78, 5) is 47.0. The summed E-state index contributed by atoms with van der Waals surface area (Å²) in [5.74, 6) is -5.97. The zero-order valence-corrected chi connectivity index (χ0v) is 30.1. The van der Waals surface area contributed by atoms with Gasteiger partial charge in [-0.3, -0.25) is 0 Å². The van der Waals surface area contributed by atoms with Crippen LogP contribution in [0.15, 0.2) is 47.3 Å². The summed E-state index contributed by atoms with van der Waals surface area (Å²) in [6.45, 7) is 4.10. The Morgan fingerprint density at radius 2 is 0.827 bits per heavy atom. The predicted molar refractivity (Wildman–Crippen MR) is 181 cm³/mol. The lowest BCUT2D eigenvalue weighted by Crippen LogP contribution is -2.51. The quantitative estimate of drug-likeness (QED) is 0.0210. The monoisotopic (exact) mass is 750 g/mol. The summed E-state index contributed by atoms with van der Waals surface area (Å²) < 4.78 is 43.6. The topological polar surface area (TPSA) is 263 Å². The second-order valence-corrected chi connectivity index (χ2v) is 10.6. The molecule has 298 valence electrons. The molecule has 0 aliphatic rings. The Balaban J connectivity index is 5.92. The minimum Gasteiger partial charge on any atom is -0.502 e. The van der Waals surface area contributed by atoms with Crippen molar-refractivity contribution in [3.8, 4) is 0 Å². The lowest BCUT2D eigenvalue weighted by Gasteiger charge is -2.35. The van der Waals surface area contributed by atoms with E-state index in [0.717, 1.165) is 6.08 Å². The number of carbonyl (C=O) groups is 4. The molecule has 0 aromatic rings. The highest BCUT2D eigenvalue weighted by Gasteiger charge is 2.37. The Morgan fingerprint density at radius 1 is 0.500 bits per heavy atom. The minimum absolute atomic E-state index is 0.0413. The SMILES string of the molecule is CC=C(O)C(=O)OCCCOCC(OCCCOC(=O)C(O)=CC)C(OCCCOC(=O)C(O)=CC)C(OCCCOC(=O)C(O)=CC)C(O)CO. The van der Waals surface area contributed by atoms with Crippen LogP contribution in [0.2, 0.25) is 0 Å². The van der Waals surface area contributed by atoms with Crippen LogP contribution >= 0.6 is 0 Å². The molecule has 0 radical (unpaired) electrons. The highest BCUT2D eigenvalue weighted by Crippen LogP contribution is 2.19. The van der Waals surface area contributed by atoms with Crippen LogP contribution in [-0.4, -0.2) is 145 Å². The van der Waals surface area contributed by atoms with Gasteiger partial charge >= 0.3 is 23.9 Å². The Labute approximate surface area is 302 Å². The Bertz CT molecular complexity index is 1180. The van der Waals surface area contributed by atoms with E-state index in [4.69, 9.17) is 37.9 Å². The molecule has 0 aliphatic heterocycles. The third kappa shape index (κ3) is 20.6. The summed E-state index contributed by atoms with van der Waals surface area (Å²) in [7, 11) is 0. The van der Waals surface area contributed by atoms with Gasteiger partial charge in [-0.25, -0.2) is 19.2 Å². The van der Waals surface area contributed by atoms with Crippen LogP contribution < -0.4 is 0 Å². The number of aliphatic hydroxyl groups is 6. The van der Waals surface area contributed by atoms with Gasteiger partial charge in [-0.15, -0.1) is 0 Å². The number of esters is 4. The van der Waals surface area contributed by atoms with Gasteiger partial charge in [-0.05, 0) is 52.0 Å². The molecule has 18 heteroatoms. The van der Waals surface area contributed by atoms with Crippen molar-refractivity contribution in [3.05, 3.63) is 47.3 Å². The summed E-state index contributed by atoms with van der Waals surface area (Å²) >= 11 is 0. The smallest absolute Gasteiger partial charge is 0.373 e. The molecule has 0 aromatic carbocycles. The molecular weight excluding hydrogens is 696 g/mol. The van der Waals surface area contributed by atoms with Crippen molar-refractivity contribution >= 4 is 23.9 Å². The van der Waals surface area contributed by atoms with E-state index in [2.05, 4.69) is 0 Å². The second kappa shape index (κ2) is 29.4. The van der Waals surface area contributed by atoms with Crippen molar-refractivity contribution in [2.45, 2.75) is 77.8 Å². The van der Waals surface area contributed by atoms with Crippen molar-refractivity contribution in [2.75, 3.05) is 66.1 Å². The molecule has 6 N–H and O–H groups in total. The van der Waals surface area contributed by atoms with Gasteiger partial charge in [0.15, 0.2) is 23.0 Å². The van der Waals surface area contributed by atoms with Crippen LogP contribution in [-0.2, 0) is 57.1 Å². The predicted octanol–water partition coefficient (Wildman–Crippen LogP) is 2.09. The molecule has 0 heterocycles. The van der Waals surface area contributed by atoms with Crippen LogP contribution in [0.3, 0.4) is 0 Å². The van der Waals surface area contributed by atoms with Crippen LogP contribution in [0.5, 0.6) is 0 Å². The summed E-state index contributed by atoms with van der Waals surface area (Å²) in [5, 5.41) is 58.7. The number of hydrogen-bond acceptors (Lipinski definition) is 18. The van der Waals surface area contributed by atoms with E-state index in [0.29, 0.717) is 0 Å². The molecule has 18 nitrogen and oxygen atoms in total. The van der Waals surface area contributed by atoms with Gasteiger partial charge in [0, 0.05) is 32.3 Å². The maximum Gasteiger partial charge on any atom is 0.373 e. The molecule has 0 amide bonds. The van der Waals surface area contributed by atoms with Crippen LogP contribution in [0, 0.1) is 0 Å². The highest BCUT2D eigenvalue weighted by atomic mass is 16.6. The third-order valence-corrected chi connectivity index (χ3v) is 6.65. The first-order chi connectivity index (χ1) is 24.9. The minimum atomic E-state index is -1.53. The highest BCUT2D eigenvalue weighted by molar-refractivity contribution is 5.86. The van der Waals surface area contributed by atoms with E-state index in [9.17, 15) is 49.8 Å². The first kappa shape index (κ1) is 47.8. The molecule has 4 unspecified atom stereocenters. The van der Waals surface area contributed by atoms with Crippen molar-refractivity contribution in [2.24, 2.45) is 0 Å². The lowest BCUT2D eigenvalue weighted by atomic mass is 10.0. The normalized spacial score (nSPS) is 15.0. The number of allylic oxidation sites excluding steroid dienone is 4. The second-order valence-electron chi connectivity index (χ2n) is 10.6. The summed E-state index contributed by atoms with van der Waals surface area (Å²) in [6, 6.07) is 0. The van der Waals surface area contributed by atoms with E-state index in [1.165, 1.54) is 45.9 Å². The Kier molecular flexibility index (Phi) is 27.0. The first-order valence-corrected chi connectivity index (χ1v) is 16.7. The number of rotatable bonds is 29. The maximum atomic E-state index is 11.8. The van der Waals surface area contributed by atoms with Gasteiger partial charge < -0.3 is 68.5 Å². The van der Waals surface area contributed by atoms with Gasteiger partial charge in [0.1, 0.15) is 24.4 Å². The molecule has 52 heavy (non-hydrogen) atoms. The molecule has 0 saturated carbocycles. The molecular formula is C34H54O18. The molecule has 0 rings (SSSR count). The van der Waals surface area contributed by atoms with Gasteiger partial charge in [0.25, 0.3) is 0 Å². The maximum absolute atomic E-state index is 11.8. The van der Waals surface area contributed by atoms with Crippen molar-refractivity contribution < 1.29 is 87.7 Å². The van der Waals surface area contributed by atoms with E-state index in [1.54, 1.807) is 0 Å². The standard InChI is InChI=1S/C34H54O18/c1-5-23(36)31(41)49-17-9-13-45-22-28(46-14-10-18-50-32(42)24(37)6-2)30(48-16-12-20-52-34(44)26(39)8-4)29(27(40)21-35)47-15-11-19-51-33(43)25(38)7-3/h5-8,27-30,35-40H,9-22H2,1-4H3. The molecule has 4 atom stereocenters. The van der Waals surface area contributed by atoms with Gasteiger partial charge in [0.05, 0.1) is 59.5 Å². The largest absolute Gasteiger partial charge is 0.502 e. The molecule has 0 fully saturated rings. The fourth-order valence-electron chi connectivity index (χ4n) is 3.82. The van der Waals surface area contributed by atoms with E-state index < -0.39 is 77.9 Å². The lowest BCUT2D eigenvalue weighted by molar-refractivity contribution is -0.188. The van der Waals surface area contributed by atoms with Crippen molar-refractivity contribution in [3.63, 3.8) is 0 Å². The molecule has 0 spiro atoms. The van der Waals surface area contributed by atoms with Crippen LogP contribution in [0.1, 0.15) is 53.4 Å². The van der Waals surface area contributed by atoms with Gasteiger partial charge in [-0.1, -0.05) is 0 Å². The third-order valence-electron chi connectivity index (χ3n) is 6.65. The zero-order chi connectivity index (χ0) is 39.3. The van der Waals surface area contributed by atoms with Crippen molar-refractivity contribution in [1.29, 1.82) is 0 Å². The molecule has 0 aromatic heterocycles. The van der Waals surface area contributed by atoms with Gasteiger partial charge in [0.2, 0.25) is 0 Å². The fraction of sp³-hybridized carbons (Fsp3) is 0.647. The average molecular weight is 751 g/mol. The molecule has 0 bridgehead atoms. The van der Waals surface area contributed by atoms with Crippen LogP contribution in [0.25, 0.3) is 0 Å². The number of hydrogen-bond donors (Lipinski definition) is 6. The first-order valence-electron chi connectivity index (χ1n) is 16.7. The van der Waals surface area contributed by atoms with Gasteiger partial charge in [-0.2, -0.15) is 0 Å². The molecule has 0 saturated heterocycles. The number of ether oxygens (including phenoxy) is 8. The van der Waals surface area contributed by atoms with E-state index in [-0.39, 0.29) is 85.1 Å².